The van der Waals surface area contributed by atoms with Crippen LogP contribution < -0.4 is 9.47 Å². The number of likely N-dealkylation sites (tertiary alicyclic amines) is 1. The van der Waals surface area contributed by atoms with Gasteiger partial charge in [0.15, 0.2) is 0 Å². The molecule has 110 valence electrons. The van der Waals surface area contributed by atoms with E-state index in [4.69, 9.17) is 14.2 Å². The van der Waals surface area contributed by atoms with E-state index in [0.29, 0.717) is 6.54 Å². The summed E-state index contributed by atoms with van der Waals surface area (Å²) in [4.78, 5) is 13.6. The van der Waals surface area contributed by atoms with E-state index in [0.717, 1.165) is 36.4 Å². The third kappa shape index (κ3) is 3.04. The predicted octanol–water partition coefficient (Wildman–Crippen LogP) is 2.01. The van der Waals surface area contributed by atoms with E-state index < -0.39 is 0 Å². The zero-order valence-electron chi connectivity index (χ0n) is 12.2. The van der Waals surface area contributed by atoms with Crippen molar-refractivity contribution in [1.29, 1.82) is 0 Å². The third-order valence-corrected chi connectivity index (χ3v) is 3.72. The van der Waals surface area contributed by atoms with Crippen molar-refractivity contribution in [2.75, 3.05) is 34.4 Å². The fourth-order valence-electron chi connectivity index (χ4n) is 2.69. The fourth-order valence-corrected chi connectivity index (χ4v) is 2.69. The Bertz CT molecular complexity index is 475. The Hall–Kier alpha value is -1.75. The molecule has 5 nitrogen and oxygen atoms in total. The van der Waals surface area contributed by atoms with Crippen molar-refractivity contribution < 1.29 is 19.0 Å². The average Bonchev–Trinajstić information content (AvgIpc) is 2.94. The van der Waals surface area contributed by atoms with Crippen molar-refractivity contribution in [2.45, 2.75) is 18.9 Å². The first-order valence-corrected chi connectivity index (χ1v) is 6.72. The van der Waals surface area contributed by atoms with Gasteiger partial charge in [-0.15, -0.1) is 0 Å². The van der Waals surface area contributed by atoms with Gasteiger partial charge in [-0.05, 0) is 25.5 Å². The van der Waals surface area contributed by atoms with E-state index in [1.807, 2.05) is 18.2 Å². The Morgan fingerprint density at radius 1 is 1.30 bits per heavy atom. The quantitative estimate of drug-likeness (QED) is 0.772. The Morgan fingerprint density at radius 3 is 2.75 bits per heavy atom. The van der Waals surface area contributed by atoms with Crippen molar-refractivity contribution in [1.82, 2.24) is 4.90 Å². The molecule has 0 bridgehead atoms. The molecule has 1 aliphatic rings. The van der Waals surface area contributed by atoms with Crippen molar-refractivity contribution >= 4 is 5.97 Å². The number of esters is 1. The summed E-state index contributed by atoms with van der Waals surface area (Å²) >= 11 is 0. The summed E-state index contributed by atoms with van der Waals surface area (Å²) < 4.78 is 15.4. The van der Waals surface area contributed by atoms with Crippen molar-refractivity contribution in [2.24, 2.45) is 0 Å². The average molecular weight is 279 g/mol. The zero-order chi connectivity index (χ0) is 14.5. The Labute approximate surface area is 119 Å². The van der Waals surface area contributed by atoms with Crippen LogP contribution in [0.4, 0.5) is 0 Å². The van der Waals surface area contributed by atoms with Gasteiger partial charge in [0, 0.05) is 17.7 Å². The molecular weight excluding hydrogens is 258 g/mol. The molecule has 0 aliphatic carbocycles. The van der Waals surface area contributed by atoms with Gasteiger partial charge in [-0.2, -0.15) is 0 Å². The predicted molar refractivity (Wildman–Crippen MR) is 75.1 cm³/mol. The van der Waals surface area contributed by atoms with Gasteiger partial charge in [0.05, 0.1) is 27.9 Å². The highest BCUT2D eigenvalue weighted by Crippen LogP contribution is 2.38. The number of hydrogen-bond donors (Lipinski definition) is 0. The second-order valence-corrected chi connectivity index (χ2v) is 4.81. The summed E-state index contributed by atoms with van der Waals surface area (Å²) in [7, 11) is 4.70. The second-order valence-electron chi connectivity index (χ2n) is 4.81. The van der Waals surface area contributed by atoms with Gasteiger partial charge in [0.25, 0.3) is 0 Å². The molecule has 0 N–H and O–H groups in total. The lowest BCUT2D eigenvalue weighted by atomic mass is 10.0. The first-order valence-electron chi connectivity index (χ1n) is 6.72. The third-order valence-electron chi connectivity index (χ3n) is 3.72. The summed E-state index contributed by atoms with van der Waals surface area (Å²) in [6.07, 6.45) is 2.08. The van der Waals surface area contributed by atoms with E-state index in [9.17, 15) is 4.79 Å². The first-order chi connectivity index (χ1) is 9.69. The van der Waals surface area contributed by atoms with Gasteiger partial charge in [0.1, 0.15) is 11.5 Å². The fraction of sp³-hybridized carbons (Fsp3) is 0.533. The Morgan fingerprint density at radius 2 is 2.10 bits per heavy atom. The maximum Gasteiger partial charge on any atom is 0.319 e. The lowest BCUT2D eigenvalue weighted by molar-refractivity contribution is -0.142. The standard InChI is InChI=1S/C15H21NO4/c1-18-11-6-7-12(14(9-11)19-2)13-5-4-8-16(13)10-15(17)20-3/h6-7,9,13H,4-5,8,10H2,1-3H3/t13-/m1/s1. The van der Waals surface area contributed by atoms with E-state index >= 15 is 0 Å². The van der Waals surface area contributed by atoms with Crippen molar-refractivity contribution in [3.63, 3.8) is 0 Å². The summed E-state index contributed by atoms with van der Waals surface area (Å²) in [6.45, 7) is 1.21. The molecule has 0 amide bonds. The topological polar surface area (TPSA) is 48.0 Å². The molecule has 1 saturated heterocycles. The van der Waals surface area contributed by atoms with Crippen LogP contribution in [0.3, 0.4) is 0 Å². The summed E-state index contributed by atoms with van der Waals surface area (Å²) in [5.74, 6) is 1.36. The molecular formula is C15H21NO4. The van der Waals surface area contributed by atoms with Crippen LogP contribution in [0.1, 0.15) is 24.4 Å². The number of hydrogen-bond acceptors (Lipinski definition) is 5. The number of benzene rings is 1. The van der Waals surface area contributed by atoms with Crippen LogP contribution >= 0.6 is 0 Å². The number of carbonyl (C=O) groups excluding carboxylic acids is 1. The van der Waals surface area contributed by atoms with Crippen LogP contribution in [0, 0.1) is 0 Å². The van der Waals surface area contributed by atoms with E-state index in [-0.39, 0.29) is 12.0 Å². The molecule has 1 heterocycles. The molecule has 1 aromatic rings. The van der Waals surface area contributed by atoms with Gasteiger partial charge in [-0.1, -0.05) is 6.07 Å². The highest BCUT2D eigenvalue weighted by molar-refractivity contribution is 5.71. The zero-order valence-corrected chi connectivity index (χ0v) is 12.2. The highest BCUT2D eigenvalue weighted by atomic mass is 16.5. The molecule has 0 unspecified atom stereocenters. The molecule has 2 rings (SSSR count). The molecule has 0 spiro atoms. The summed E-state index contributed by atoms with van der Waals surface area (Å²) in [5.41, 5.74) is 1.09. The van der Waals surface area contributed by atoms with E-state index in [2.05, 4.69) is 4.90 Å². The maximum atomic E-state index is 11.5. The molecule has 0 saturated carbocycles. The van der Waals surface area contributed by atoms with Gasteiger partial charge in [-0.25, -0.2) is 0 Å². The summed E-state index contributed by atoms with van der Waals surface area (Å²) in [6, 6.07) is 6.00. The van der Waals surface area contributed by atoms with Crippen molar-refractivity contribution in [3.8, 4) is 11.5 Å². The molecule has 20 heavy (non-hydrogen) atoms. The smallest absolute Gasteiger partial charge is 0.319 e. The number of ether oxygens (including phenoxy) is 3. The summed E-state index contributed by atoms with van der Waals surface area (Å²) in [5, 5.41) is 0. The number of carbonyl (C=O) groups is 1. The molecule has 5 heteroatoms. The minimum atomic E-state index is -0.204. The first kappa shape index (κ1) is 14.7. The second kappa shape index (κ2) is 6.61. The van der Waals surface area contributed by atoms with Crippen LogP contribution in [-0.2, 0) is 9.53 Å². The molecule has 1 aromatic carbocycles. The van der Waals surface area contributed by atoms with Gasteiger partial charge < -0.3 is 14.2 Å². The lowest BCUT2D eigenvalue weighted by Crippen LogP contribution is -2.30. The number of rotatable bonds is 5. The Balaban J connectivity index is 2.22. The van der Waals surface area contributed by atoms with Crippen LogP contribution in [0.2, 0.25) is 0 Å². The number of nitrogens with zero attached hydrogens (tertiary/aromatic N) is 1. The van der Waals surface area contributed by atoms with Crippen LogP contribution in [0.5, 0.6) is 11.5 Å². The van der Waals surface area contributed by atoms with Crippen LogP contribution in [0.15, 0.2) is 18.2 Å². The molecule has 1 fully saturated rings. The maximum absolute atomic E-state index is 11.5. The van der Waals surface area contributed by atoms with Gasteiger partial charge in [0.2, 0.25) is 0 Å². The van der Waals surface area contributed by atoms with Gasteiger partial charge >= 0.3 is 5.97 Å². The molecule has 0 aromatic heterocycles. The van der Waals surface area contributed by atoms with Gasteiger partial charge in [-0.3, -0.25) is 9.69 Å². The minimum absolute atomic E-state index is 0.190. The van der Waals surface area contributed by atoms with E-state index in [1.54, 1.807) is 14.2 Å². The van der Waals surface area contributed by atoms with Crippen LogP contribution in [-0.4, -0.2) is 45.3 Å². The number of methoxy groups -OCH3 is 3. The molecule has 1 aliphatic heterocycles. The molecule has 1 atom stereocenters. The normalized spacial score (nSPS) is 18.9. The molecule has 0 radical (unpaired) electrons. The van der Waals surface area contributed by atoms with Crippen LogP contribution in [0.25, 0.3) is 0 Å². The monoisotopic (exact) mass is 279 g/mol. The highest BCUT2D eigenvalue weighted by Gasteiger charge is 2.30. The van der Waals surface area contributed by atoms with Crippen molar-refractivity contribution in [3.05, 3.63) is 23.8 Å². The Kier molecular flexibility index (Phi) is 4.84. The SMILES string of the molecule is COC(=O)CN1CCC[C@@H]1c1ccc(OC)cc1OC. The van der Waals surface area contributed by atoms with E-state index in [1.165, 1.54) is 7.11 Å². The largest absolute Gasteiger partial charge is 0.497 e. The lowest BCUT2D eigenvalue weighted by Gasteiger charge is -2.25. The minimum Gasteiger partial charge on any atom is -0.497 e.